The Morgan fingerprint density at radius 2 is 1.78 bits per heavy atom. The summed E-state index contributed by atoms with van der Waals surface area (Å²) in [4.78, 5) is 26.4. The van der Waals surface area contributed by atoms with Crippen molar-refractivity contribution in [2.75, 3.05) is 32.1 Å². The predicted molar refractivity (Wildman–Crippen MR) is 104 cm³/mol. The number of hydrogen-bond acceptors (Lipinski definition) is 4. The van der Waals surface area contributed by atoms with Gasteiger partial charge < -0.3 is 14.4 Å². The summed E-state index contributed by atoms with van der Waals surface area (Å²) < 4.78 is 10.6. The van der Waals surface area contributed by atoms with Crippen LogP contribution in [-0.2, 0) is 9.53 Å². The van der Waals surface area contributed by atoms with Crippen LogP contribution in [0.2, 0.25) is 0 Å². The highest BCUT2D eigenvalue weighted by atomic mass is 16.5. The second-order valence-corrected chi connectivity index (χ2v) is 7.60. The molecule has 2 aliphatic rings. The van der Waals surface area contributed by atoms with E-state index in [1.807, 2.05) is 17.0 Å². The van der Waals surface area contributed by atoms with Crippen LogP contribution in [0.4, 0.5) is 10.5 Å². The van der Waals surface area contributed by atoms with Crippen molar-refractivity contribution >= 4 is 17.7 Å². The molecule has 1 saturated heterocycles. The topological polar surface area (TPSA) is 67.9 Å². The van der Waals surface area contributed by atoms with Gasteiger partial charge in [-0.2, -0.15) is 0 Å². The van der Waals surface area contributed by atoms with Crippen molar-refractivity contribution in [1.29, 1.82) is 0 Å². The van der Waals surface area contributed by atoms with Crippen LogP contribution >= 0.6 is 0 Å². The van der Waals surface area contributed by atoms with E-state index < -0.39 is 6.09 Å². The standard InChI is InChI=1S/C21H30N2O4/c1-26-19-9-5-4-8-18(19)22-21(25)27-15-17-10-12-23(13-11-17)20(24)14-16-6-2-3-7-16/h4-5,8-9,16-17H,2-3,6-7,10-15H2,1H3,(H,22,25). The summed E-state index contributed by atoms with van der Waals surface area (Å²) >= 11 is 0. The van der Waals surface area contributed by atoms with Crippen molar-refractivity contribution in [3.63, 3.8) is 0 Å². The zero-order valence-electron chi connectivity index (χ0n) is 16.1. The lowest BCUT2D eigenvalue weighted by Gasteiger charge is -2.32. The van der Waals surface area contributed by atoms with E-state index in [-0.39, 0.29) is 0 Å². The van der Waals surface area contributed by atoms with Gasteiger partial charge in [0.2, 0.25) is 5.91 Å². The van der Waals surface area contributed by atoms with E-state index in [9.17, 15) is 9.59 Å². The third kappa shape index (κ3) is 5.62. The molecule has 27 heavy (non-hydrogen) atoms. The van der Waals surface area contributed by atoms with Gasteiger partial charge in [0.25, 0.3) is 0 Å². The molecule has 0 atom stereocenters. The molecule has 1 heterocycles. The summed E-state index contributed by atoms with van der Waals surface area (Å²) in [5.41, 5.74) is 0.595. The molecular weight excluding hydrogens is 344 g/mol. The first kappa shape index (κ1) is 19.5. The van der Waals surface area contributed by atoms with E-state index in [0.717, 1.165) is 25.9 Å². The number of amides is 2. The fourth-order valence-electron chi connectivity index (χ4n) is 4.03. The molecule has 0 spiro atoms. The summed E-state index contributed by atoms with van der Waals surface area (Å²) in [5.74, 6) is 1.81. The first-order valence-electron chi connectivity index (χ1n) is 10.00. The van der Waals surface area contributed by atoms with Gasteiger partial charge in [0.15, 0.2) is 0 Å². The molecule has 6 nitrogen and oxygen atoms in total. The highest BCUT2D eigenvalue weighted by molar-refractivity contribution is 5.86. The van der Waals surface area contributed by atoms with E-state index in [1.165, 1.54) is 25.7 Å². The smallest absolute Gasteiger partial charge is 0.411 e. The second-order valence-electron chi connectivity index (χ2n) is 7.60. The fraction of sp³-hybridized carbons (Fsp3) is 0.619. The Balaban J connectivity index is 1.36. The molecule has 1 aliphatic heterocycles. The number of nitrogens with one attached hydrogen (secondary N) is 1. The Hall–Kier alpha value is -2.24. The van der Waals surface area contributed by atoms with Gasteiger partial charge >= 0.3 is 6.09 Å². The number of hydrogen-bond donors (Lipinski definition) is 1. The molecule has 148 valence electrons. The van der Waals surface area contributed by atoms with Crippen molar-refractivity contribution < 1.29 is 19.1 Å². The summed E-state index contributed by atoms with van der Waals surface area (Å²) in [7, 11) is 1.56. The van der Waals surface area contributed by atoms with Crippen LogP contribution in [0, 0.1) is 11.8 Å². The van der Waals surface area contributed by atoms with Crippen molar-refractivity contribution in [1.82, 2.24) is 4.90 Å². The van der Waals surface area contributed by atoms with E-state index in [1.54, 1.807) is 19.2 Å². The minimum atomic E-state index is -0.473. The molecule has 1 N–H and O–H groups in total. The van der Waals surface area contributed by atoms with Gasteiger partial charge in [-0.1, -0.05) is 25.0 Å². The number of piperidine rings is 1. The van der Waals surface area contributed by atoms with Crippen molar-refractivity contribution in [2.45, 2.75) is 44.9 Å². The number of benzene rings is 1. The number of anilines is 1. The average Bonchev–Trinajstić information content (AvgIpc) is 3.20. The largest absolute Gasteiger partial charge is 0.495 e. The lowest BCUT2D eigenvalue weighted by atomic mass is 9.96. The van der Waals surface area contributed by atoms with Crippen molar-refractivity contribution in [2.24, 2.45) is 11.8 Å². The molecule has 6 heteroatoms. The Bertz CT molecular complexity index is 635. The van der Waals surface area contributed by atoms with E-state index in [2.05, 4.69) is 5.32 Å². The lowest BCUT2D eigenvalue weighted by Crippen LogP contribution is -2.40. The van der Waals surface area contributed by atoms with Gasteiger partial charge in [0.05, 0.1) is 19.4 Å². The quantitative estimate of drug-likeness (QED) is 0.815. The number of para-hydroxylation sites is 2. The molecule has 0 unspecified atom stereocenters. The Labute approximate surface area is 161 Å². The average molecular weight is 374 g/mol. The third-order valence-electron chi connectivity index (χ3n) is 5.70. The monoisotopic (exact) mass is 374 g/mol. The maximum atomic E-state index is 12.4. The summed E-state index contributed by atoms with van der Waals surface area (Å²) in [6.45, 7) is 1.92. The van der Waals surface area contributed by atoms with Crippen molar-refractivity contribution in [3.05, 3.63) is 24.3 Å². The number of nitrogens with zero attached hydrogens (tertiary/aromatic N) is 1. The highest BCUT2D eigenvalue weighted by Crippen LogP contribution is 2.29. The molecule has 2 amide bonds. The van der Waals surface area contributed by atoms with Crippen LogP contribution < -0.4 is 10.1 Å². The maximum Gasteiger partial charge on any atom is 0.411 e. The minimum absolute atomic E-state index is 0.301. The first-order valence-corrected chi connectivity index (χ1v) is 10.00. The first-order chi connectivity index (χ1) is 13.2. The molecule has 3 rings (SSSR count). The molecule has 0 radical (unpaired) electrons. The highest BCUT2D eigenvalue weighted by Gasteiger charge is 2.26. The van der Waals surface area contributed by atoms with Gasteiger partial charge in [0.1, 0.15) is 5.75 Å². The molecule has 1 aromatic rings. The van der Waals surface area contributed by atoms with E-state index >= 15 is 0 Å². The second kappa shape index (κ2) is 9.62. The van der Waals surface area contributed by atoms with E-state index in [0.29, 0.717) is 42.2 Å². The zero-order valence-corrected chi connectivity index (χ0v) is 16.1. The van der Waals surface area contributed by atoms with Gasteiger partial charge in [-0.25, -0.2) is 4.79 Å². The van der Waals surface area contributed by atoms with Crippen molar-refractivity contribution in [3.8, 4) is 5.75 Å². The summed E-state index contributed by atoms with van der Waals surface area (Å²) in [6, 6.07) is 7.23. The molecule has 1 saturated carbocycles. The van der Waals surface area contributed by atoms with Gasteiger partial charge in [-0.3, -0.25) is 10.1 Å². The van der Waals surface area contributed by atoms with Crippen LogP contribution in [-0.4, -0.2) is 43.7 Å². The normalized spacial score (nSPS) is 18.3. The number of likely N-dealkylation sites (tertiary alicyclic amines) is 1. The number of ether oxygens (including phenoxy) is 2. The Morgan fingerprint density at radius 1 is 1.07 bits per heavy atom. The molecule has 0 bridgehead atoms. The number of methoxy groups -OCH3 is 1. The van der Waals surface area contributed by atoms with E-state index in [4.69, 9.17) is 9.47 Å². The van der Waals surface area contributed by atoms with Crippen LogP contribution in [0.5, 0.6) is 5.75 Å². The number of rotatable bonds is 6. The van der Waals surface area contributed by atoms with Gasteiger partial charge in [-0.15, -0.1) is 0 Å². The molecule has 2 fully saturated rings. The molecule has 0 aromatic heterocycles. The third-order valence-corrected chi connectivity index (χ3v) is 5.70. The van der Waals surface area contributed by atoms with Gasteiger partial charge in [-0.05, 0) is 49.7 Å². The number of carbonyl (C=O) groups is 2. The molecular formula is C21H30N2O4. The summed E-state index contributed by atoms with van der Waals surface area (Å²) in [6.07, 6.45) is 6.97. The Morgan fingerprint density at radius 3 is 2.48 bits per heavy atom. The predicted octanol–water partition coefficient (Wildman–Crippen LogP) is 4.06. The lowest BCUT2D eigenvalue weighted by molar-refractivity contribution is -0.133. The SMILES string of the molecule is COc1ccccc1NC(=O)OCC1CCN(C(=O)CC2CCCC2)CC1. The van der Waals surface area contributed by atoms with Crippen LogP contribution in [0.25, 0.3) is 0 Å². The maximum absolute atomic E-state index is 12.4. The van der Waals surface area contributed by atoms with Crippen LogP contribution in [0.1, 0.15) is 44.9 Å². The number of carbonyl (C=O) groups excluding carboxylic acids is 2. The Kier molecular flexibility index (Phi) is 6.96. The van der Waals surface area contributed by atoms with Crippen LogP contribution in [0.3, 0.4) is 0 Å². The molecule has 1 aliphatic carbocycles. The minimum Gasteiger partial charge on any atom is -0.495 e. The zero-order chi connectivity index (χ0) is 19.1. The van der Waals surface area contributed by atoms with Gasteiger partial charge in [0, 0.05) is 19.5 Å². The van der Waals surface area contributed by atoms with Crippen LogP contribution in [0.15, 0.2) is 24.3 Å². The molecule has 1 aromatic carbocycles. The fourth-order valence-corrected chi connectivity index (χ4v) is 4.03. The summed E-state index contributed by atoms with van der Waals surface area (Å²) in [5, 5.41) is 2.72.